The van der Waals surface area contributed by atoms with Crippen molar-refractivity contribution in [3.63, 3.8) is 0 Å². The van der Waals surface area contributed by atoms with E-state index in [0.29, 0.717) is 24.6 Å². The zero-order chi connectivity index (χ0) is 20.4. The highest BCUT2D eigenvalue weighted by atomic mass is 16.5. The maximum atomic E-state index is 11.0. The van der Waals surface area contributed by atoms with Crippen LogP contribution in [0.1, 0.15) is 41.3 Å². The monoisotopic (exact) mass is 392 g/mol. The number of carboxylic acid groups (broad SMARTS) is 1. The van der Waals surface area contributed by atoms with Gasteiger partial charge in [0.05, 0.1) is 18.7 Å². The molecule has 1 aliphatic carbocycles. The Bertz CT molecular complexity index is 1020. The first-order valence-corrected chi connectivity index (χ1v) is 9.79. The Hall–Kier alpha value is -3.28. The van der Waals surface area contributed by atoms with Crippen LogP contribution >= 0.6 is 0 Å². The largest absolute Gasteiger partial charge is 0.493 e. The van der Waals surface area contributed by atoms with E-state index in [4.69, 9.17) is 20.0 Å². The molecule has 3 aromatic rings. The van der Waals surface area contributed by atoms with Crippen LogP contribution in [-0.2, 0) is 17.6 Å². The Morgan fingerprint density at radius 3 is 2.83 bits per heavy atom. The van der Waals surface area contributed by atoms with Crippen LogP contribution in [0.2, 0.25) is 0 Å². The van der Waals surface area contributed by atoms with Gasteiger partial charge >= 0.3 is 5.97 Å². The molecule has 6 nitrogen and oxygen atoms in total. The Balaban J connectivity index is 1.37. The molecule has 0 bridgehead atoms. The van der Waals surface area contributed by atoms with E-state index in [2.05, 4.69) is 4.98 Å². The minimum absolute atomic E-state index is 0.112. The number of hydrogen-bond donors (Lipinski definition) is 2. The molecule has 3 N–H and O–H groups in total. The summed E-state index contributed by atoms with van der Waals surface area (Å²) in [4.78, 5) is 15.6. The molecule has 1 aliphatic rings. The minimum atomic E-state index is -0.746. The molecule has 0 amide bonds. The highest BCUT2D eigenvalue weighted by Crippen LogP contribution is 2.37. The number of ether oxygens (including phenoxy) is 1. The van der Waals surface area contributed by atoms with Crippen molar-refractivity contribution in [2.75, 3.05) is 12.3 Å². The number of aliphatic carboxylic acids is 1. The molecule has 1 heterocycles. The van der Waals surface area contributed by atoms with Crippen molar-refractivity contribution in [2.45, 2.75) is 38.5 Å². The topological polar surface area (TPSA) is 98.6 Å². The molecule has 6 heteroatoms. The number of aromatic nitrogens is 1. The van der Waals surface area contributed by atoms with Crippen LogP contribution < -0.4 is 10.5 Å². The number of nitrogens with two attached hydrogens (primary N) is 1. The standard InChI is InChI=1S/C23H24N2O4/c1-14-21(25-23(29-14)15-4-6-18(24)7-5-15)10-11-28-19-8-9-20-16(12-19)2-3-17(20)13-22(26)27/h4-9,12,17H,2-3,10-11,13,24H2,1H3,(H,26,27)/t17-/m0/s1. The molecule has 0 aliphatic heterocycles. The molecular weight excluding hydrogens is 368 g/mol. The lowest BCUT2D eigenvalue weighted by Crippen LogP contribution is -2.04. The van der Waals surface area contributed by atoms with Gasteiger partial charge < -0.3 is 20.0 Å². The number of oxazole rings is 1. The van der Waals surface area contributed by atoms with Crippen LogP contribution in [0.4, 0.5) is 5.69 Å². The lowest BCUT2D eigenvalue weighted by Gasteiger charge is -2.10. The lowest BCUT2D eigenvalue weighted by atomic mass is 9.98. The first-order valence-electron chi connectivity index (χ1n) is 9.79. The fourth-order valence-corrected chi connectivity index (χ4v) is 3.87. The first-order chi connectivity index (χ1) is 14.0. The SMILES string of the molecule is Cc1oc(-c2ccc(N)cc2)nc1CCOc1ccc2c(c1)CC[C@H]2CC(=O)O. The van der Waals surface area contributed by atoms with Crippen molar-refractivity contribution in [1.82, 2.24) is 4.98 Å². The molecule has 1 atom stereocenters. The maximum absolute atomic E-state index is 11.0. The third-order valence-electron chi connectivity index (χ3n) is 5.40. The summed E-state index contributed by atoms with van der Waals surface area (Å²) in [6.07, 6.45) is 2.62. The molecule has 0 unspecified atom stereocenters. The highest BCUT2D eigenvalue weighted by molar-refractivity contribution is 5.68. The molecule has 0 saturated heterocycles. The number of carbonyl (C=O) groups is 1. The van der Waals surface area contributed by atoms with Gasteiger partial charge in [-0.25, -0.2) is 4.98 Å². The number of benzene rings is 2. The van der Waals surface area contributed by atoms with E-state index < -0.39 is 5.97 Å². The van der Waals surface area contributed by atoms with Crippen LogP contribution in [0.25, 0.3) is 11.5 Å². The van der Waals surface area contributed by atoms with Crippen molar-refractivity contribution >= 4 is 11.7 Å². The van der Waals surface area contributed by atoms with E-state index in [-0.39, 0.29) is 12.3 Å². The number of fused-ring (bicyclic) bond motifs is 1. The Morgan fingerprint density at radius 1 is 1.28 bits per heavy atom. The summed E-state index contributed by atoms with van der Waals surface area (Å²) in [5, 5.41) is 9.04. The summed E-state index contributed by atoms with van der Waals surface area (Å²) in [6.45, 7) is 2.40. The third kappa shape index (κ3) is 4.26. The second-order valence-corrected chi connectivity index (χ2v) is 7.44. The van der Waals surface area contributed by atoms with Gasteiger partial charge in [-0.05, 0) is 73.2 Å². The molecule has 29 heavy (non-hydrogen) atoms. The molecular formula is C23H24N2O4. The van der Waals surface area contributed by atoms with Crippen molar-refractivity contribution in [2.24, 2.45) is 0 Å². The van der Waals surface area contributed by atoms with Gasteiger partial charge in [-0.15, -0.1) is 0 Å². The number of nitrogens with zero attached hydrogens (tertiary/aromatic N) is 1. The third-order valence-corrected chi connectivity index (χ3v) is 5.40. The second kappa shape index (κ2) is 7.99. The number of carboxylic acids is 1. The predicted molar refractivity (Wildman–Crippen MR) is 110 cm³/mol. The van der Waals surface area contributed by atoms with Gasteiger partial charge in [0, 0.05) is 17.7 Å². The number of nitrogen functional groups attached to an aromatic ring is 1. The van der Waals surface area contributed by atoms with E-state index >= 15 is 0 Å². The van der Waals surface area contributed by atoms with Crippen LogP contribution in [-0.4, -0.2) is 22.7 Å². The molecule has 0 fully saturated rings. The number of hydrogen-bond acceptors (Lipinski definition) is 5. The van der Waals surface area contributed by atoms with E-state index in [1.54, 1.807) is 0 Å². The second-order valence-electron chi connectivity index (χ2n) is 7.44. The van der Waals surface area contributed by atoms with Crippen molar-refractivity contribution in [3.8, 4) is 17.2 Å². The van der Waals surface area contributed by atoms with Gasteiger partial charge in [0.25, 0.3) is 0 Å². The molecule has 150 valence electrons. The van der Waals surface area contributed by atoms with E-state index in [0.717, 1.165) is 41.2 Å². The fourth-order valence-electron chi connectivity index (χ4n) is 3.87. The molecule has 1 aromatic heterocycles. The Kier molecular flexibility index (Phi) is 5.25. The highest BCUT2D eigenvalue weighted by Gasteiger charge is 2.24. The van der Waals surface area contributed by atoms with Gasteiger partial charge in [0.1, 0.15) is 11.5 Å². The summed E-state index contributed by atoms with van der Waals surface area (Å²) in [5.74, 6) is 1.54. The van der Waals surface area contributed by atoms with Crippen LogP contribution in [0.15, 0.2) is 46.9 Å². The first kappa shape index (κ1) is 19.1. The molecule has 0 saturated carbocycles. The van der Waals surface area contributed by atoms with Crippen LogP contribution in [0, 0.1) is 6.92 Å². The summed E-state index contributed by atoms with van der Waals surface area (Å²) in [5.41, 5.74) is 10.5. The number of anilines is 1. The van der Waals surface area contributed by atoms with Gasteiger partial charge in [-0.2, -0.15) is 0 Å². The zero-order valence-corrected chi connectivity index (χ0v) is 16.4. The predicted octanol–water partition coefficient (Wildman–Crippen LogP) is 4.36. The quantitative estimate of drug-likeness (QED) is 0.580. The van der Waals surface area contributed by atoms with E-state index in [1.807, 2.05) is 49.4 Å². The van der Waals surface area contributed by atoms with Crippen molar-refractivity contribution in [1.29, 1.82) is 0 Å². The summed E-state index contributed by atoms with van der Waals surface area (Å²) in [6, 6.07) is 13.4. The molecule has 0 spiro atoms. The maximum Gasteiger partial charge on any atom is 0.303 e. The summed E-state index contributed by atoms with van der Waals surface area (Å²) in [7, 11) is 0. The average molecular weight is 392 g/mol. The molecule has 2 aromatic carbocycles. The minimum Gasteiger partial charge on any atom is -0.493 e. The summed E-state index contributed by atoms with van der Waals surface area (Å²) < 4.78 is 11.7. The normalized spacial score (nSPS) is 15.3. The van der Waals surface area contributed by atoms with Crippen molar-refractivity contribution in [3.05, 3.63) is 65.0 Å². The van der Waals surface area contributed by atoms with Crippen molar-refractivity contribution < 1.29 is 19.1 Å². The Labute approximate surface area is 169 Å². The van der Waals surface area contributed by atoms with Gasteiger partial charge in [0.15, 0.2) is 0 Å². The zero-order valence-electron chi connectivity index (χ0n) is 16.4. The van der Waals surface area contributed by atoms with Gasteiger partial charge in [-0.3, -0.25) is 4.79 Å². The average Bonchev–Trinajstić information content (AvgIpc) is 3.25. The smallest absolute Gasteiger partial charge is 0.303 e. The summed E-state index contributed by atoms with van der Waals surface area (Å²) >= 11 is 0. The van der Waals surface area contributed by atoms with Crippen LogP contribution in [0.5, 0.6) is 5.75 Å². The fraction of sp³-hybridized carbons (Fsp3) is 0.304. The Morgan fingerprint density at radius 2 is 2.07 bits per heavy atom. The number of rotatable bonds is 7. The van der Waals surface area contributed by atoms with E-state index in [1.165, 1.54) is 5.56 Å². The lowest BCUT2D eigenvalue weighted by molar-refractivity contribution is -0.137. The molecule has 4 rings (SSSR count). The van der Waals surface area contributed by atoms with Gasteiger partial charge in [0.2, 0.25) is 5.89 Å². The van der Waals surface area contributed by atoms with E-state index in [9.17, 15) is 4.79 Å². The number of aryl methyl sites for hydroxylation is 2. The molecule has 0 radical (unpaired) electrons. The van der Waals surface area contributed by atoms with Gasteiger partial charge in [-0.1, -0.05) is 6.07 Å². The van der Waals surface area contributed by atoms with Crippen LogP contribution in [0.3, 0.4) is 0 Å².